The number of unbranched alkanes of at least 4 members (excludes halogenated alkanes) is 1. The van der Waals surface area contributed by atoms with Crippen molar-refractivity contribution in [2.45, 2.75) is 302 Å². The van der Waals surface area contributed by atoms with E-state index >= 15 is 0 Å². The average molecular weight is 1490 g/mol. The minimum absolute atomic E-state index is 0. The lowest BCUT2D eigenvalue weighted by atomic mass is 9.78. The molecule has 2 aliphatic heterocycles. The summed E-state index contributed by atoms with van der Waals surface area (Å²) in [5.41, 5.74) is 1.04. The zero-order chi connectivity index (χ0) is 67.2. The second-order valence-electron chi connectivity index (χ2n) is 30.0. The minimum atomic E-state index is -2.50. The zero-order valence-electron chi connectivity index (χ0n) is 61.3. The number of halogens is 2. The van der Waals surface area contributed by atoms with E-state index in [1.807, 2.05) is 13.2 Å². The Morgan fingerprint density at radius 3 is 1.46 bits per heavy atom. The van der Waals surface area contributed by atoms with Crippen LogP contribution in [0.4, 0.5) is 0 Å². The number of ether oxygens (including phenoxy) is 3. The van der Waals surface area contributed by atoms with Crippen LogP contribution in [0.2, 0.25) is 90.7 Å². The molecular weight excluding hydrogens is 1360 g/mol. The van der Waals surface area contributed by atoms with Crippen LogP contribution in [-0.2, 0) is 36.3 Å². The molecule has 0 bridgehead atoms. The molecule has 0 unspecified atom stereocenters. The fourth-order valence-corrected chi connectivity index (χ4v) is 29.7. The van der Waals surface area contributed by atoms with Gasteiger partial charge in [0.25, 0.3) is 0 Å². The van der Waals surface area contributed by atoms with Crippen molar-refractivity contribution in [3.05, 3.63) is 127 Å². The van der Waals surface area contributed by atoms with E-state index in [0.29, 0.717) is 24.3 Å². The fourth-order valence-electron chi connectivity index (χ4n) is 13.9. The zero-order valence-corrected chi connectivity index (χ0v) is 70.1. The molecular formula is C75H129ClIO8PSi5. The highest BCUT2D eigenvalue weighted by Crippen LogP contribution is 2.57. The molecule has 2 saturated heterocycles. The SMILES string of the molecule is C=C(Cl)/C=C/[C@H](CC(=C)C[C@H]1O[C@@H]([C@H](O[Si](CC)(CC)CC)[C@@]2(OC)C[C@H](O[Si](C)(C)C(C)(C)C)[C@@H](C)[C@@H](CCCC[P+](c3ccccc3)(c3ccccc3)c3ccccc3)O2)[C@H](C)[C@@H](O[Si](CC)(CC)CC)[C@@H]1O[Si](CC)(CC)CC)O[Si](C)(C)C(C)(C)C.[I-]. The van der Waals surface area contributed by atoms with Crippen molar-refractivity contribution in [3.8, 4) is 0 Å². The van der Waals surface area contributed by atoms with Crippen molar-refractivity contribution >= 4 is 76.4 Å². The summed E-state index contributed by atoms with van der Waals surface area (Å²) in [6.07, 6.45) is 6.72. The maximum Gasteiger partial charge on any atom is 0.198 e. The van der Waals surface area contributed by atoms with Crippen molar-refractivity contribution in [1.29, 1.82) is 0 Å². The molecule has 2 aliphatic rings. The maximum atomic E-state index is 8.27. The van der Waals surface area contributed by atoms with Crippen molar-refractivity contribution in [1.82, 2.24) is 0 Å². The second-order valence-corrected chi connectivity index (χ2v) is 57.8. The van der Waals surface area contributed by atoms with Gasteiger partial charge in [-0.1, -0.05) is 209 Å². The molecule has 8 nitrogen and oxygen atoms in total. The van der Waals surface area contributed by atoms with Gasteiger partial charge in [-0.25, -0.2) is 0 Å². The van der Waals surface area contributed by atoms with Crippen LogP contribution in [0.3, 0.4) is 0 Å². The van der Waals surface area contributed by atoms with Crippen molar-refractivity contribution in [2.75, 3.05) is 13.3 Å². The smallest absolute Gasteiger partial charge is 0.198 e. The highest BCUT2D eigenvalue weighted by atomic mass is 127. The molecule has 3 aromatic carbocycles. The van der Waals surface area contributed by atoms with Crippen molar-refractivity contribution in [3.63, 3.8) is 0 Å². The normalized spacial score (nSPS) is 24.0. The summed E-state index contributed by atoms with van der Waals surface area (Å²) < 4.78 is 63.0. The van der Waals surface area contributed by atoms with E-state index in [0.717, 1.165) is 85.4 Å². The number of methoxy groups -OCH3 is 1. The first kappa shape index (κ1) is 82.5. The van der Waals surface area contributed by atoms with Gasteiger partial charge in [-0.3, -0.25) is 0 Å². The van der Waals surface area contributed by atoms with E-state index < -0.39 is 72.9 Å². The molecule has 0 radical (unpaired) electrons. The summed E-state index contributed by atoms with van der Waals surface area (Å²) in [5, 5.41) is 4.68. The summed E-state index contributed by atoms with van der Waals surface area (Å²) in [4.78, 5) is 0. The molecule has 16 heteroatoms. The van der Waals surface area contributed by atoms with E-state index in [2.05, 4.69) is 248 Å². The first-order chi connectivity index (χ1) is 42.3. The summed E-state index contributed by atoms with van der Waals surface area (Å²) in [6, 6.07) is 42.9. The Kier molecular flexibility index (Phi) is 32.4. The molecule has 0 amide bonds. The molecule has 5 rings (SSSR count). The first-order valence-corrected chi connectivity index (χ1v) is 51.1. The first-order valence-electron chi connectivity index (χ1n) is 35.3. The van der Waals surface area contributed by atoms with Gasteiger partial charge in [0, 0.05) is 30.4 Å². The second kappa shape index (κ2) is 35.7. The Morgan fingerprint density at radius 2 is 1.05 bits per heavy atom. The van der Waals surface area contributed by atoms with Gasteiger partial charge in [-0.15, -0.1) is 0 Å². The third-order valence-corrected chi connectivity index (χ3v) is 50.4. The lowest BCUT2D eigenvalue weighted by molar-refractivity contribution is -0.353. The van der Waals surface area contributed by atoms with Gasteiger partial charge in [0.1, 0.15) is 29.3 Å². The predicted molar refractivity (Wildman–Crippen MR) is 403 cm³/mol. The Hall–Kier alpha value is -0.906. The number of hydrogen-bond donors (Lipinski definition) is 0. The third kappa shape index (κ3) is 20.2. The van der Waals surface area contributed by atoms with Gasteiger partial charge in [0.2, 0.25) is 0 Å². The molecule has 516 valence electrons. The summed E-state index contributed by atoms with van der Waals surface area (Å²) in [6.45, 7) is 58.3. The third-order valence-electron chi connectivity index (χ3n) is 22.9. The maximum absolute atomic E-state index is 8.27. The predicted octanol–water partition coefficient (Wildman–Crippen LogP) is 17.9. The van der Waals surface area contributed by atoms with Crippen molar-refractivity contribution < 1.29 is 60.3 Å². The van der Waals surface area contributed by atoms with E-state index in [-0.39, 0.29) is 76.4 Å². The molecule has 0 saturated carbocycles. The fraction of sp³-hybridized carbons (Fsp3) is 0.680. The van der Waals surface area contributed by atoms with E-state index in [1.54, 1.807) is 0 Å². The van der Waals surface area contributed by atoms with E-state index in [1.165, 1.54) is 15.9 Å². The number of hydrogen-bond acceptors (Lipinski definition) is 8. The molecule has 0 aromatic heterocycles. The lowest BCUT2D eigenvalue weighted by Crippen LogP contribution is -3.00. The van der Waals surface area contributed by atoms with Crippen LogP contribution < -0.4 is 39.9 Å². The molecule has 0 spiro atoms. The van der Waals surface area contributed by atoms with Crippen LogP contribution in [0.25, 0.3) is 0 Å². The number of allylic oxidation sites excluding steroid dienone is 2. The Bertz CT molecular complexity index is 2540. The van der Waals surface area contributed by atoms with Crippen molar-refractivity contribution in [2.24, 2.45) is 11.8 Å². The van der Waals surface area contributed by atoms with Crippen LogP contribution in [-0.4, -0.2) is 109 Å². The molecule has 91 heavy (non-hydrogen) atoms. The largest absolute Gasteiger partial charge is 1.00 e. The molecule has 3 aromatic rings. The number of rotatable bonds is 36. The summed E-state index contributed by atoms with van der Waals surface area (Å²) >= 11 is 6.49. The molecule has 0 aliphatic carbocycles. The van der Waals surface area contributed by atoms with Crippen LogP contribution in [0.15, 0.2) is 127 Å². The van der Waals surface area contributed by atoms with Crippen LogP contribution in [0.1, 0.15) is 156 Å². The van der Waals surface area contributed by atoms with Gasteiger partial charge < -0.3 is 60.3 Å². The van der Waals surface area contributed by atoms with Gasteiger partial charge in [-0.2, -0.15) is 0 Å². The quantitative estimate of drug-likeness (QED) is 0.0142. The van der Waals surface area contributed by atoms with Crippen LogP contribution in [0.5, 0.6) is 0 Å². The topological polar surface area (TPSA) is 73.8 Å². The highest BCUT2D eigenvalue weighted by molar-refractivity contribution is 7.95. The summed E-state index contributed by atoms with van der Waals surface area (Å²) in [7, 11) is -11.9. The van der Waals surface area contributed by atoms with Crippen LogP contribution >= 0.6 is 18.9 Å². The number of benzene rings is 3. The minimum Gasteiger partial charge on any atom is -1.00 e. The average Bonchev–Trinajstić information content (AvgIpc) is 0.752. The Morgan fingerprint density at radius 1 is 0.615 bits per heavy atom. The van der Waals surface area contributed by atoms with E-state index in [9.17, 15) is 0 Å². The van der Waals surface area contributed by atoms with Gasteiger partial charge in [0.05, 0.1) is 48.9 Å². The Balaban J connectivity index is 0.0000177. The molecule has 2 fully saturated rings. The van der Waals surface area contributed by atoms with Gasteiger partial charge in [0.15, 0.2) is 47.4 Å². The van der Waals surface area contributed by atoms with Crippen LogP contribution in [0, 0.1) is 11.8 Å². The highest BCUT2D eigenvalue weighted by Gasteiger charge is 2.62. The molecule has 2 heterocycles. The Labute approximate surface area is 585 Å². The van der Waals surface area contributed by atoms with E-state index in [4.69, 9.17) is 54.5 Å². The monoisotopic (exact) mass is 1490 g/mol. The van der Waals surface area contributed by atoms with Gasteiger partial charge in [-0.05, 0) is 165 Å². The van der Waals surface area contributed by atoms with Gasteiger partial charge >= 0.3 is 0 Å². The standard InChI is InChI=1S/C75H129ClO8PSi5.HI/c1-25-88(26-2,27-3)82-69-61(13)70(78-67(71(69)83-89(28-4,29-5)30-6)56-58(10)55-62(53-52-59(11)76)80-86(21,22)73(14,15)16)72(84-90(31-7,32-8)33-9)75(77-20)57-68(81-87(23,24)74(17,18)19)60(12)66(79-75)51-43-44-54-85(63-45-37-34-38-46-63,64-47-39-35-40-48-64)65-49-41-36-42-50-65;/h34-42,45-50,52-53,60-62,66-72H,10-11,25-33,43-44,51,54-57H2,1-9,12-24H3;1H/q+1;/p-1/b53-52+;/t60-,61+,62+,66+,67+,68-,69+,70+,71+,72-,75+;/m0./s1. The lowest BCUT2D eigenvalue weighted by Gasteiger charge is -2.58. The summed E-state index contributed by atoms with van der Waals surface area (Å²) in [5.74, 6) is -1.33. The molecule has 11 atom stereocenters. The molecule has 0 N–H and O–H groups in total.